The molecule has 0 atom stereocenters. The normalized spacial score (nSPS) is 12.8. The summed E-state index contributed by atoms with van der Waals surface area (Å²) in [6, 6.07) is 1.61. The quantitative estimate of drug-likeness (QED) is 0.687. The average Bonchev–Trinajstić information content (AvgIpc) is 2.70. The first-order valence-electron chi connectivity index (χ1n) is 7.56. The van der Waals surface area contributed by atoms with E-state index in [2.05, 4.69) is 17.0 Å². The van der Waals surface area contributed by atoms with Crippen LogP contribution in [-0.4, -0.2) is 20.5 Å². The molecule has 1 aromatic heterocycles. The third-order valence-electron chi connectivity index (χ3n) is 3.22. The zero-order valence-corrected chi connectivity index (χ0v) is 14.6. The van der Waals surface area contributed by atoms with E-state index in [-0.39, 0.29) is 4.90 Å². The monoisotopic (exact) mass is 316 g/mol. The third kappa shape index (κ3) is 5.45. The maximum absolute atomic E-state index is 12.5. The predicted molar refractivity (Wildman–Crippen MR) is 84.8 cm³/mol. The van der Waals surface area contributed by atoms with E-state index in [1.54, 1.807) is 13.0 Å². The van der Waals surface area contributed by atoms with Gasteiger partial charge in [-0.3, -0.25) is 0 Å². The molecule has 1 aromatic rings. The summed E-state index contributed by atoms with van der Waals surface area (Å²) < 4.78 is 33.3. The first-order chi connectivity index (χ1) is 9.72. The molecule has 1 heterocycles. The summed E-state index contributed by atoms with van der Waals surface area (Å²) in [6.07, 6.45) is 2.73. The predicted octanol–water partition coefficient (Wildman–Crippen LogP) is 2.94. The van der Waals surface area contributed by atoms with Crippen molar-refractivity contribution >= 4 is 10.0 Å². The molecule has 0 saturated carbocycles. The fourth-order valence-corrected chi connectivity index (χ4v) is 4.01. The summed E-state index contributed by atoms with van der Waals surface area (Å²) in [4.78, 5) is 0.236. The first kappa shape index (κ1) is 18.2. The van der Waals surface area contributed by atoms with Crippen LogP contribution in [0.15, 0.2) is 15.4 Å². The Morgan fingerprint density at radius 2 is 1.90 bits per heavy atom. The highest BCUT2D eigenvalue weighted by Crippen LogP contribution is 2.23. The lowest BCUT2D eigenvalue weighted by molar-refractivity contribution is 0.416. The molecule has 0 aliphatic rings. The summed E-state index contributed by atoms with van der Waals surface area (Å²) >= 11 is 0. The third-order valence-corrected chi connectivity index (χ3v) is 5.03. The van der Waals surface area contributed by atoms with Crippen molar-refractivity contribution in [2.75, 3.05) is 6.54 Å². The number of furan rings is 1. The van der Waals surface area contributed by atoms with Crippen molar-refractivity contribution in [1.82, 2.24) is 10.0 Å². The van der Waals surface area contributed by atoms with Crippen molar-refractivity contribution in [3.05, 3.63) is 17.6 Å². The number of rotatable bonds is 9. The van der Waals surface area contributed by atoms with E-state index in [0.29, 0.717) is 18.1 Å². The molecule has 122 valence electrons. The van der Waals surface area contributed by atoms with Gasteiger partial charge in [-0.25, -0.2) is 13.1 Å². The standard InChI is InChI=1S/C15H28N2O3S/c1-6-8-15(4,5)17-21(18,19)14-10-13(20-12(14)3)11-16-9-7-2/h10,16-17H,6-9,11H2,1-5H3. The van der Waals surface area contributed by atoms with Crippen LogP contribution in [0.3, 0.4) is 0 Å². The molecule has 0 aromatic carbocycles. The Labute approximate surface area is 128 Å². The van der Waals surface area contributed by atoms with Gasteiger partial charge in [-0.15, -0.1) is 0 Å². The Balaban J connectivity index is 2.88. The van der Waals surface area contributed by atoms with Crippen molar-refractivity contribution in [3.8, 4) is 0 Å². The Morgan fingerprint density at radius 1 is 1.24 bits per heavy atom. The fraction of sp³-hybridized carbons (Fsp3) is 0.733. The second-order valence-electron chi connectivity index (χ2n) is 6.05. The largest absolute Gasteiger partial charge is 0.464 e. The van der Waals surface area contributed by atoms with E-state index < -0.39 is 15.6 Å². The Morgan fingerprint density at radius 3 is 2.48 bits per heavy atom. The molecule has 21 heavy (non-hydrogen) atoms. The van der Waals surface area contributed by atoms with Gasteiger partial charge in [0.05, 0.1) is 6.54 Å². The topological polar surface area (TPSA) is 71.3 Å². The maximum atomic E-state index is 12.5. The van der Waals surface area contributed by atoms with Crippen LogP contribution in [0, 0.1) is 6.92 Å². The van der Waals surface area contributed by atoms with Gasteiger partial charge in [-0.05, 0) is 40.2 Å². The number of aryl methyl sites for hydroxylation is 1. The van der Waals surface area contributed by atoms with Gasteiger partial charge < -0.3 is 9.73 Å². The van der Waals surface area contributed by atoms with E-state index in [4.69, 9.17) is 4.42 Å². The molecule has 0 fully saturated rings. The molecule has 0 bridgehead atoms. The van der Waals surface area contributed by atoms with Crippen LogP contribution in [0.5, 0.6) is 0 Å². The summed E-state index contributed by atoms with van der Waals surface area (Å²) in [5.41, 5.74) is -0.460. The van der Waals surface area contributed by atoms with Crippen molar-refractivity contribution < 1.29 is 12.8 Å². The van der Waals surface area contributed by atoms with Crippen LogP contribution in [0.4, 0.5) is 0 Å². The van der Waals surface area contributed by atoms with Gasteiger partial charge in [-0.1, -0.05) is 20.3 Å². The van der Waals surface area contributed by atoms with Crippen molar-refractivity contribution in [3.63, 3.8) is 0 Å². The van der Waals surface area contributed by atoms with Crippen molar-refractivity contribution in [1.29, 1.82) is 0 Å². The van der Waals surface area contributed by atoms with Crippen LogP contribution in [0.25, 0.3) is 0 Å². The zero-order valence-electron chi connectivity index (χ0n) is 13.7. The summed E-state index contributed by atoms with van der Waals surface area (Å²) in [6.45, 7) is 11.0. The van der Waals surface area contributed by atoms with Crippen molar-refractivity contribution in [2.45, 2.75) is 70.9 Å². The van der Waals surface area contributed by atoms with E-state index >= 15 is 0 Å². The highest BCUT2D eigenvalue weighted by atomic mass is 32.2. The lowest BCUT2D eigenvalue weighted by atomic mass is 10.0. The van der Waals surface area contributed by atoms with E-state index in [1.165, 1.54) is 0 Å². The second kappa shape index (κ2) is 7.42. The number of hydrogen-bond acceptors (Lipinski definition) is 4. The van der Waals surface area contributed by atoms with E-state index in [0.717, 1.165) is 25.8 Å². The molecule has 6 heteroatoms. The second-order valence-corrected chi connectivity index (χ2v) is 7.70. The van der Waals surface area contributed by atoms with Crippen LogP contribution in [0.1, 0.15) is 58.5 Å². The van der Waals surface area contributed by atoms with Gasteiger partial charge >= 0.3 is 0 Å². The lowest BCUT2D eigenvalue weighted by Gasteiger charge is -2.25. The van der Waals surface area contributed by atoms with Gasteiger partial charge in [0, 0.05) is 11.6 Å². The highest BCUT2D eigenvalue weighted by Gasteiger charge is 2.28. The minimum Gasteiger partial charge on any atom is -0.464 e. The summed E-state index contributed by atoms with van der Waals surface area (Å²) in [5, 5.41) is 3.20. The molecule has 5 nitrogen and oxygen atoms in total. The molecule has 0 radical (unpaired) electrons. The van der Waals surface area contributed by atoms with Gasteiger partial charge in [0.2, 0.25) is 10.0 Å². The molecule has 0 aliphatic carbocycles. The number of nitrogens with one attached hydrogen (secondary N) is 2. The highest BCUT2D eigenvalue weighted by molar-refractivity contribution is 7.89. The van der Waals surface area contributed by atoms with Crippen LogP contribution in [0.2, 0.25) is 0 Å². The molecular formula is C15H28N2O3S. The van der Waals surface area contributed by atoms with E-state index in [1.807, 2.05) is 20.8 Å². The summed E-state index contributed by atoms with van der Waals surface area (Å²) in [5.74, 6) is 1.08. The molecule has 0 aliphatic heterocycles. The molecule has 0 unspecified atom stereocenters. The Bertz CT molecular complexity index is 547. The van der Waals surface area contributed by atoms with Crippen LogP contribution in [-0.2, 0) is 16.6 Å². The Hall–Kier alpha value is -0.850. The maximum Gasteiger partial charge on any atom is 0.244 e. The SMILES string of the molecule is CCCNCc1cc(S(=O)(=O)NC(C)(C)CCC)c(C)o1. The van der Waals surface area contributed by atoms with E-state index in [9.17, 15) is 8.42 Å². The van der Waals surface area contributed by atoms with Crippen LogP contribution >= 0.6 is 0 Å². The molecule has 1 rings (SSSR count). The smallest absolute Gasteiger partial charge is 0.244 e. The fourth-order valence-electron chi connectivity index (χ4n) is 2.36. The molecule has 0 saturated heterocycles. The van der Waals surface area contributed by atoms with Gasteiger partial charge in [-0.2, -0.15) is 0 Å². The summed E-state index contributed by atoms with van der Waals surface area (Å²) in [7, 11) is -3.55. The Kier molecular flexibility index (Phi) is 6.43. The number of sulfonamides is 1. The molecular weight excluding hydrogens is 288 g/mol. The minimum atomic E-state index is -3.55. The van der Waals surface area contributed by atoms with Gasteiger partial charge in [0.1, 0.15) is 16.4 Å². The van der Waals surface area contributed by atoms with Crippen molar-refractivity contribution in [2.24, 2.45) is 0 Å². The van der Waals surface area contributed by atoms with Crippen LogP contribution < -0.4 is 10.0 Å². The average molecular weight is 316 g/mol. The molecule has 0 spiro atoms. The molecule has 2 N–H and O–H groups in total. The zero-order chi connectivity index (χ0) is 16.1. The molecule has 0 amide bonds. The van der Waals surface area contributed by atoms with Gasteiger partial charge in [0.25, 0.3) is 0 Å². The minimum absolute atomic E-state index is 0.236. The number of hydrogen-bond donors (Lipinski definition) is 2. The first-order valence-corrected chi connectivity index (χ1v) is 9.04. The van der Waals surface area contributed by atoms with Gasteiger partial charge in [0.15, 0.2) is 0 Å². The lowest BCUT2D eigenvalue weighted by Crippen LogP contribution is -2.43.